The van der Waals surface area contributed by atoms with E-state index in [1.807, 2.05) is 11.3 Å². The summed E-state index contributed by atoms with van der Waals surface area (Å²) in [5.74, 6) is 0.474. The molecule has 1 fully saturated rings. The minimum atomic E-state index is -0.0448. The Hall–Kier alpha value is -1.70. The second kappa shape index (κ2) is 7.68. The number of hydrogen-bond donors (Lipinski definition) is 3. The van der Waals surface area contributed by atoms with E-state index in [2.05, 4.69) is 43.2 Å². The third-order valence-corrected chi connectivity index (χ3v) is 6.00. The van der Waals surface area contributed by atoms with E-state index in [1.165, 1.54) is 17.7 Å². The van der Waals surface area contributed by atoms with Crippen LogP contribution in [0.5, 0.6) is 0 Å². The monoisotopic (exact) mass is 359 g/mol. The van der Waals surface area contributed by atoms with Crippen LogP contribution in [-0.4, -0.2) is 47.2 Å². The molecule has 0 radical (unpaired) electrons. The summed E-state index contributed by atoms with van der Waals surface area (Å²) in [5, 5.41) is 15.8. The fraction of sp³-hybridized carbons (Fsp3) is 0.556. The SMILES string of the molecule is O=C(NCC1CCCN(Cc2cccs2)C1)c1n[nH]c2c1CNCC2. The zero-order valence-corrected chi connectivity index (χ0v) is 15.2. The van der Waals surface area contributed by atoms with Crippen molar-refractivity contribution in [2.24, 2.45) is 5.92 Å². The summed E-state index contributed by atoms with van der Waals surface area (Å²) in [6, 6.07) is 4.31. The number of piperidine rings is 1. The average Bonchev–Trinajstić information content (AvgIpc) is 3.29. The fourth-order valence-corrected chi connectivity index (χ4v) is 4.56. The van der Waals surface area contributed by atoms with Crippen molar-refractivity contribution in [3.05, 3.63) is 39.3 Å². The van der Waals surface area contributed by atoms with Gasteiger partial charge in [0.2, 0.25) is 0 Å². The second-order valence-corrected chi connectivity index (χ2v) is 8.02. The van der Waals surface area contributed by atoms with Crippen LogP contribution in [0, 0.1) is 5.92 Å². The van der Waals surface area contributed by atoms with Crippen molar-refractivity contribution in [3.63, 3.8) is 0 Å². The fourth-order valence-electron chi connectivity index (χ4n) is 3.82. The number of H-pyrrole nitrogens is 1. The highest BCUT2D eigenvalue weighted by Crippen LogP contribution is 2.20. The van der Waals surface area contributed by atoms with Gasteiger partial charge < -0.3 is 10.6 Å². The van der Waals surface area contributed by atoms with Gasteiger partial charge in [0.1, 0.15) is 0 Å². The van der Waals surface area contributed by atoms with Crippen molar-refractivity contribution in [3.8, 4) is 0 Å². The van der Waals surface area contributed by atoms with Crippen molar-refractivity contribution in [2.75, 3.05) is 26.2 Å². The van der Waals surface area contributed by atoms with Gasteiger partial charge >= 0.3 is 0 Å². The minimum absolute atomic E-state index is 0.0448. The van der Waals surface area contributed by atoms with Crippen LogP contribution in [0.4, 0.5) is 0 Å². The Morgan fingerprint density at radius 2 is 2.44 bits per heavy atom. The van der Waals surface area contributed by atoms with Gasteiger partial charge in [0.05, 0.1) is 0 Å². The first kappa shape index (κ1) is 16.8. The molecule has 7 heteroatoms. The standard InChI is InChI=1S/C18H25N5OS/c24-18(17-15-10-19-6-5-16(15)21-22-17)20-9-13-3-1-7-23(11-13)12-14-4-2-8-25-14/h2,4,8,13,19H,1,3,5-7,9-12H2,(H,20,24)(H,21,22). The van der Waals surface area contributed by atoms with Gasteiger partial charge in [-0.05, 0) is 36.8 Å². The Morgan fingerprint density at radius 3 is 3.32 bits per heavy atom. The van der Waals surface area contributed by atoms with Crippen molar-refractivity contribution in [2.45, 2.75) is 32.4 Å². The van der Waals surface area contributed by atoms with E-state index in [-0.39, 0.29) is 5.91 Å². The lowest BCUT2D eigenvalue weighted by molar-refractivity contribution is 0.0924. The molecule has 2 aromatic heterocycles. The number of carbonyl (C=O) groups is 1. The summed E-state index contributed by atoms with van der Waals surface area (Å²) in [6.07, 6.45) is 3.30. The van der Waals surface area contributed by atoms with Gasteiger partial charge in [0, 0.05) is 55.3 Å². The van der Waals surface area contributed by atoms with Crippen molar-refractivity contribution in [1.29, 1.82) is 0 Å². The molecule has 4 heterocycles. The smallest absolute Gasteiger partial charge is 0.272 e. The molecule has 2 aliphatic rings. The van der Waals surface area contributed by atoms with Gasteiger partial charge in [-0.1, -0.05) is 6.07 Å². The maximum Gasteiger partial charge on any atom is 0.272 e. The van der Waals surface area contributed by atoms with Crippen LogP contribution >= 0.6 is 11.3 Å². The lowest BCUT2D eigenvalue weighted by atomic mass is 9.97. The molecule has 4 rings (SSSR count). The molecule has 2 aliphatic heterocycles. The number of amides is 1. The molecule has 0 spiro atoms. The van der Waals surface area contributed by atoms with E-state index < -0.39 is 0 Å². The Balaban J connectivity index is 1.30. The molecule has 0 saturated carbocycles. The molecule has 0 bridgehead atoms. The number of likely N-dealkylation sites (tertiary alicyclic amines) is 1. The van der Waals surface area contributed by atoms with Crippen LogP contribution in [0.1, 0.15) is 39.5 Å². The number of fused-ring (bicyclic) bond motifs is 1. The Labute approximate surface area is 152 Å². The Kier molecular flexibility index (Phi) is 5.14. The molecule has 134 valence electrons. The Morgan fingerprint density at radius 1 is 1.48 bits per heavy atom. The topological polar surface area (TPSA) is 73.0 Å². The number of rotatable bonds is 5. The second-order valence-electron chi connectivity index (χ2n) is 6.99. The molecule has 3 N–H and O–H groups in total. The maximum absolute atomic E-state index is 12.5. The molecule has 2 aromatic rings. The van der Waals surface area contributed by atoms with Crippen LogP contribution < -0.4 is 10.6 Å². The summed E-state index contributed by atoms with van der Waals surface area (Å²) in [5.41, 5.74) is 2.70. The number of aromatic amines is 1. The molecule has 25 heavy (non-hydrogen) atoms. The first-order chi connectivity index (χ1) is 12.3. The molecule has 1 amide bonds. The summed E-state index contributed by atoms with van der Waals surface area (Å²) in [7, 11) is 0. The van der Waals surface area contributed by atoms with E-state index in [4.69, 9.17) is 0 Å². The van der Waals surface area contributed by atoms with E-state index in [1.54, 1.807) is 0 Å². The predicted octanol–water partition coefficient (Wildman–Crippen LogP) is 1.76. The van der Waals surface area contributed by atoms with Gasteiger partial charge in [-0.25, -0.2) is 0 Å². The number of thiophene rings is 1. The normalized spacial score (nSPS) is 21.0. The van der Waals surface area contributed by atoms with E-state index in [0.717, 1.165) is 56.9 Å². The maximum atomic E-state index is 12.5. The molecule has 1 saturated heterocycles. The molecule has 1 unspecified atom stereocenters. The molecule has 0 aliphatic carbocycles. The number of nitrogens with one attached hydrogen (secondary N) is 3. The molecular weight excluding hydrogens is 334 g/mol. The van der Waals surface area contributed by atoms with E-state index in [0.29, 0.717) is 11.6 Å². The van der Waals surface area contributed by atoms with E-state index >= 15 is 0 Å². The van der Waals surface area contributed by atoms with Gasteiger partial charge in [-0.3, -0.25) is 14.8 Å². The lowest BCUT2D eigenvalue weighted by Gasteiger charge is -2.32. The lowest BCUT2D eigenvalue weighted by Crippen LogP contribution is -2.40. The molecular formula is C18H25N5OS. The summed E-state index contributed by atoms with van der Waals surface area (Å²) < 4.78 is 0. The number of nitrogens with zero attached hydrogens (tertiary/aromatic N) is 2. The number of carbonyl (C=O) groups excluding carboxylic acids is 1. The van der Waals surface area contributed by atoms with Crippen molar-refractivity contribution < 1.29 is 4.79 Å². The van der Waals surface area contributed by atoms with Crippen molar-refractivity contribution in [1.82, 2.24) is 25.7 Å². The highest BCUT2D eigenvalue weighted by molar-refractivity contribution is 7.09. The van der Waals surface area contributed by atoms with Crippen LogP contribution in [0.3, 0.4) is 0 Å². The molecule has 6 nitrogen and oxygen atoms in total. The van der Waals surface area contributed by atoms with Crippen molar-refractivity contribution >= 4 is 17.2 Å². The third-order valence-electron chi connectivity index (χ3n) is 5.14. The zero-order valence-electron chi connectivity index (χ0n) is 14.4. The summed E-state index contributed by atoms with van der Waals surface area (Å²) >= 11 is 1.82. The van der Waals surface area contributed by atoms with Crippen LogP contribution in [0.25, 0.3) is 0 Å². The third kappa shape index (κ3) is 3.94. The van der Waals surface area contributed by atoms with Crippen LogP contribution in [0.2, 0.25) is 0 Å². The molecule has 0 aromatic carbocycles. The molecule has 1 atom stereocenters. The highest BCUT2D eigenvalue weighted by Gasteiger charge is 2.24. The summed E-state index contributed by atoms with van der Waals surface area (Å²) in [6.45, 7) is 5.64. The largest absolute Gasteiger partial charge is 0.350 e. The van der Waals surface area contributed by atoms with Gasteiger partial charge in [-0.15, -0.1) is 11.3 Å². The van der Waals surface area contributed by atoms with Crippen LogP contribution in [0.15, 0.2) is 17.5 Å². The quantitative estimate of drug-likeness (QED) is 0.761. The average molecular weight is 359 g/mol. The first-order valence-corrected chi connectivity index (χ1v) is 9.97. The Bertz CT molecular complexity index is 711. The number of aromatic nitrogens is 2. The minimum Gasteiger partial charge on any atom is -0.350 e. The van der Waals surface area contributed by atoms with E-state index in [9.17, 15) is 4.79 Å². The first-order valence-electron chi connectivity index (χ1n) is 9.09. The van der Waals surface area contributed by atoms with Gasteiger partial charge in [0.15, 0.2) is 5.69 Å². The zero-order chi connectivity index (χ0) is 17.1. The summed E-state index contributed by atoms with van der Waals surface area (Å²) in [4.78, 5) is 16.4. The van der Waals surface area contributed by atoms with Gasteiger partial charge in [-0.2, -0.15) is 5.10 Å². The van der Waals surface area contributed by atoms with Gasteiger partial charge in [0.25, 0.3) is 5.91 Å². The number of hydrogen-bond acceptors (Lipinski definition) is 5. The van der Waals surface area contributed by atoms with Crippen LogP contribution in [-0.2, 0) is 19.5 Å². The predicted molar refractivity (Wildman–Crippen MR) is 98.7 cm³/mol. The highest BCUT2D eigenvalue weighted by atomic mass is 32.1.